The van der Waals surface area contributed by atoms with Gasteiger partial charge in [-0.05, 0) is 143 Å². The second-order valence-corrected chi connectivity index (χ2v) is 20.1. The van der Waals surface area contributed by atoms with Crippen LogP contribution in [0.25, 0.3) is 32.9 Å². The molecular formula is C52H62F3N9O5. The Hall–Kier alpha value is -5.78. The Labute approximate surface area is 400 Å². The van der Waals surface area contributed by atoms with Gasteiger partial charge in [0.2, 0.25) is 11.8 Å². The number of nitrogens with zero attached hydrogens (tertiary/aromatic N) is 7. The molecule has 69 heavy (non-hydrogen) atoms. The molecule has 5 aliphatic rings. The Morgan fingerprint density at radius 2 is 1.67 bits per heavy atom. The van der Waals surface area contributed by atoms with E-state index in [1.807, 2.05) is 11.8 Å². The maximum absolute atomic E-state index is 17.1. The van der Waals surface area contributed by atoms with Crippen LogP contribution >= 0.6 is 0 Å². The van der Waals surface area contributed by atoms with Crippen molar-refractivity contribution in [2.75, 3.05) is 74.0 Å². The molecule has 0 spiro atoms. The van der Waals surface area contributed by atoms with E-state index in [4.69, 9.17) is 9.72 Å². The topological polar surface area (TPSA) is 160 Å². The molecule has 5 aromatic rings. The molecule has 2 amide bonds. The number of fused-ring (bicyclic) bond motifs is 2. The molecule has 2 atom stereocenters. The Morgan fingerprint density at radius 3 is 2.39 bits per heavy atom. The normalized spacial score (nSPS) is 23.0. The Bertz CT molecular complexity index is 2740. The summed E-state index contributed by atoms with van der Waals surface area (Å²) in [6.07, 6.45) is 9.36. The van der Waals surface area contributed by atoms with Gasteiger partial charge in [0.15, 0.2) is 5.82 Å². The number of β-amino-alcohol motifs (C(OH)–C–C–N with tert-alkyl or cyclic N) is 1. The number of aromatic hydroxyl groups is 1. The Kier molecular flexibility index (Phi) is 13.3. The lowest BCUT2D eigenvalue weighted by atomic mass is 9.93. The van der Waals surface area contributed by atoms with Crippen molar-refractivity contribution in [1.29, 1.82) is 0 Å². The SMILES string of the molecule is CCc1c(F)ccc2cc(O)cc(-c3ncc4c(N5CCC[C@@](C)(O)C5)nc(OC5CCN(C6CCN(CC7CCN(c8ccc(NC9CCC(=O)NC9=O)cc8F)CC7)CC6)CC5)nc4c3F)c12. The van der Waals surface area contributed by atoms with E-state index in [9.17, 15) is 19.8 Å². The maximum atomic E-state index is 17.1. The number of likely N-dealkylation sites (tertiary alicyclic amines) is 2. The van der Waals surface area contributed by atoms with Gasteiger partial charge < -0.3 is 39.9 Å². The second-order valence-electron chi connectivity index (χ2n) is 20.1. The van der Waals surface area contributed by atoms with Crippen molar-refractivity contribution in [1.82, 2.24) is 30.1 Å². The number of carbonyl (C=O) groups is 2. The summed E-state index contributed by atoms with van der Waals surface area (Å²) in [6.45, 7) is 10.9. The van der Waals surface area contributed by atoms with Crippen LogP contribution in [0.15, 0.2) is 48.7 Å². The summed E-state index contributed by atoms with van der Waals surface area (Å²) in [5.74, 6) is -1.24. The first-order valence-corrected chi connectivity index (χ1v) is 24.8. The van der Waals surface area contributed by atoms with Crippen LogP contribution in [0, 0.1) is 23.4 Å². The van der Waals surface area contributed by atoms with Crippen LogP contribution in [0.1, 0.15) is 83.6 Å². The van der Waals surface area contributed by atoms with E-state index in [2.05, 4.69) is 35.3 Å². The molecule has 0 saturated carbocycles. The highest BCUT2D eigenvalue weighted by Crippen LogP contribution is 2.40. The maximum Gasteiger partial charge on any atom is 0.319 e. The van der Waals surface area contributed by atoms with Crippen LogP contribution in [0.2, 0.25) is 0 Å². The number of benzene rings is 3. The number of pyridine rings is 1. The zero-order valence-electron chi connectivity index (χ0n) is 39.5. The largest absolute Gasteiger partial charge is 0.508 e. The Morgan fingerprint density at radius 1 is 0.884 bits per heavy atom. The van der Waals surface area contributed by atoms with Crippen molar-refractivity contribution < 1.29 is 37.7 Å². The zero-order chi connectivity index (χ0) is 48.0. The third kappa shape index (κ3) is 10.00. The average molecular weight is 950 g/mol. The van der Waals surface area contributed by atoms with E-state index in [1.165, 1.54) is 30.5 Å². The van der Waals surface area contributed by atoms with E-state index in [-0.39, 0.29) is 58.7 Å². The highest BCUT2D eigenvalue weighted by molar-refractivity contribution is 6.02. The molecule has 5 saturated heterocycles. The summed E-state index contributed by atoms with van der Waals surface area (Å²) in [5.41, 5.74) is 0.747. The van der Waals surface area contributed by atoms with Gasteiger partial charge in [0.25, 0.3) is 0 Å². The molecule has 5 aliphatic heterocycles. The predicted molar refractivity (Wildman–Crippen MR) is 259 cm³/mol. The molecule has 0 radical (unpaired) electrons. The third-order valence-electron chi connectivity index (χ3n) is 15.2. The smallest absolute Gasteiger partial charge is 0.319 e. The van der Waals surface area contributed by atoms with Crippen molar-refractivity contribution >= 4 is 50.7 Å². The summed E-state index contributed by atoms with van der Waals surface area (Å²) in [5, 5.41) is 28.6. The number of hydrogen-bond acceptors (Lipinski definition) is 13. The fraction of sp³-hybridized carbons (Fsp3) is 0.519. The number of imide groups is 1. The molecule has 14 nitrogen and oxygen atoms in total. The van der Waals surface area contributed by atoms with Gasteiger partial charge in [-0.1, -0.05) is 13.0 Å². The number of nitrogens with one attached hydrogen (secondary N) is 2. The standard InChI is InChI=1S/C52H62F3N9O5/c1-3-37-40(53)7-5-32-25-35(65)27-38(45(32)37)47-46(55)48-39(28-56-47)49(64-18-4-17-52(2,68)30-64)60-51(59-48)69-36-15-23-62(24-16-36)34-13-19-61(20-14-34)29-31-11-21-63(22-12-31)43-9-6-33(26-41(43)54)57-42-8-10-44(66)58-50(42)67/h5-7,9,25-28,31,34,36,42,57,65,68H,3-4,8,10-24,29-30H2,1-2H3,(H,58,66,67)/t42?,52-/m1/s1. The van der Waals surface area contributed by atoms with Gasteiger partial charge in [-0.25, -0.2) is 13.2 Å². The van der Waals surface area contributed by atoms with Crippen LogP contribution in [-0.2, 0) is 16.0 Å². The molecule has 0 aliphatic carbocycles. The van der Waals surface area contributed by atoms with Crippen LogP contribution in [0.5, 0.6) is 11.8 Å². The number of ether oxygens (including phenoxy) is 1. The number of anilines is 3. The molecule has 7 heterocycles. The first-order valence-electron chi connectivity index (χ1n) is 24.8. The minimum Gasteiger partial charge on any atom is -0.508 e. The average Bonchev–Trinajstić information content (AvgIpc) is 3.33. The van der Waals surface area contributed by atoms with Crippen LogP contribution in [0.4, 0.5) is 30.4 Å². The molecule has 10 rings (SSSR count). The van der Waals surface area contributed by atoms with Crippen molar-refractivity contribution in [3.05, 3.63) is 71.7 Å². The molecule has 5 fully saturated rings. The summed E-state index contributed by atoms with van der Waals surface area (Å²) in [4.78, 5) is 47.0. The lowest BCUT2D eigenvalue weighted by Gasteiger charge is -2.43. The van der Waals surface area contributed by atoms with Crippen LogP contribution in [-0.4, -0.2) is 129 Å². The number of phenolic OH excluding ortho intramolecular Hbond substituents is 1. The van der Waals surface area contributed by atoms with Gasteiger partial charge in [0.05, 0.1) is 16.7 Å². The quantitative estimate of drug-likeness (QED) is 0.0977. The lowest BCUT2D eigenvalue weighted by molar-refractivity contribution is -0.133. The van der Waals surface area contributed by atoms with Crippen LogP contribution in [0.3, 0.4) is 0 Å². The number of halogens is 3. The molecular weight excluding hydrogens is 888 g/mol. The Balaban J connectivity index is 0.756. The number of piperidine rings is 5. The van der Waals surface area contributed by atoms with Gasteiger partial charge in [-0.15, -0.1) is 0 Å². The number of amides is 2. The summed E-state index contributed by atoms with van der Waals surface area (Å²) in [6, 6.07) is 10.9. The van der Waals surface area contributed by atoms with Crippen molar-refractivity contribution in [2.24, 2.45) is 5.92 Å². The van der Waals surface area contributed by atoms with E-state index in [1.54, 1.807) is 25.1 Å². The van der Waals surface area contributed by atoms with E-state index in [0.717, 1.165) is 90.8 Å². The van der Waals surface area contributed by atoms with Gasteiger partial charge in [-0.2, -0.15) is 9.97 Å². The number of aliphatic hydroxyl groups is 1. The molecule has 366 valence electrons. The molecule has 4 N–H and O–H groups in total. The summed E-state index contributed by atoms with van der Waals surface area (Å²) >= 11 is 0. The number of aromatic nitrogens is 3. The summed E-state index contributed by atoms with van der Waals surface area (Å²) < 4.78 is 54.1. The number of rotatable bonds is 11. The highest BCUT2D eigenvalue weighted by Gasteiger charge is 2.34. The van der Waals surface area contributed by atoms with Crippen LogP contribution < -0.4 is 25.2 Å². The van der Waals surface area contributed by atoms with E-state index < -0.39 is 23.3 Å². The number of carbonyl (C=O) groups excluding carboxylic acids is 2. The third-order valence-corrected chi connectivity index (χ3v) is 15.2. The first kappa shape index (κ1) is 46.9. The minimum atomic E-state index is -0.968. The lowest BCUT2D eigenvalue weighted by Crippen LogP contribution is -2.50. The van der Waals surface area contributed by atoms with Gasteiger partial charge in [0.1, 0.15) is 46.6 Å². The predicted octanol–water partition coefficient (Wildman–Crippen LogP) is 7.32. The molecule has 2 aromatic heterocycles. The fourth-order valence-electron chi connectivity index (χ4n) is 11.5. The van der Waals surface area contributed by atoms with Gasteiger partial charge in [0, 0.05) is 75.7 Å². The number of hydrogen-bond donors (Lipinski definition) is 4. The van der Waals surface area contributed by atoms with Crippen molar-refractivity contribution in [2.45, 2.75) is 108 Å². The zero-order valence-corrected chi connectivity index (χ0v) is 39.5. The molecule has 0 bridgehead atoms. The van der Waals surface area contributed by atoms with Gasteiger partial charge >= 0.3 is 6.01 Å². The highest BCUT2D eigenvalue weighted by atomic mass is 19.1. The van der Waals surface area contributed by atoms with Crippen molar-refractivity contribution in [3.63, 3.8) is 0 Å². The first-order chi connectivity index (χ1) is 33.3. The minimum absolute atomic E-state index is 0.00711. The molecule has 17 heteroatoms. The van der Waals surface area contributed by atoms with Crippen molar-refractivity contribution in [3.8, 4) is 23.0 Å². The van der Waals surface area contributed by atoms with Gasteiger partial charge in [-0.3, -0.25) is 19.9 Å². The molecule has 1 unspecified atom stereocenters. The fourth-order valence-corrected chi connectivity index (χ4v) is 11.5. The molecule has 3 aromatic carbocycles. The second kappa shape index (κ2) is 19.5. The van der Waals surface area contributed by atoms with E-state index in [0.29, 0.717) is 83.2 Å². The van der Waals surface area contributed by atoms with E-state index >= 15 is 13.2 Å². The monoisotopic (exact) mass is 949 g/mol. The summed E-state index contributed by atoms with van der Waals surface area (Å²) in [7, 11) is 0. The number of phenols is 1. The number of aryl methyl sites for hydroxylation is 1.